The molecule has 1 unspecified atom stereocenters. The van der Waals surface area contributed by atoms with Crippen molar-refractivity contribution in [2.45, 2.75) is 19.9 Å². The molecule has 1 heterocycles. The van der Waals surface area contributed by atoms with E-state index >= 15 is 0 Å². The first kappa shape index (κ1) is 12.1. The van der Waals surface area contributed by atoms with Crippen LogP contribution < -0.4 is 5.32 Å². The quantitative estimate of drug-likeness (QED) is 0.638. The van der Waals surface area contributed by atoms with Gasteiger partial charge in [-0.1, -0.05) is 6.92 Å². The van der Waals surface area contributed by atoms with E-state index in [1.54, 1.807) is 6.92 Å². The van der Waals surface area contributed by atoms with E-state index in [2.05, 4.69) is 20.8 Å². The van der Waals surface area contributed by atoms with Crippen LogP contribution >= 0.6 is 0 Å². The van der Waals surface area contributed by atoms with Crippen molar-refractivity contribution < 1.29 is 14.7 Å². The topological polar surface area (TPSA) is 110 Å². The summed E-state index contributed by atoms with van der Waals surface area (Å²) in [5.74, 6) is -1.78. The van der Waals surface area contributed by atoms with Crippen LogP contribution in [-0.2, 0) is 16.1 Å². The van der Waals surface area contributed by atoms with Gasteiger partial charge >= 0.3 is 5.97 Å². The number of hydrogen-bond donors (Lipinski definition) is 2. The summed E-state index contributed by atoms with van der Waals surface area (Å²) >= 11 is 0. The van der Waals surface area contributed by atoms with Gasteiger partial charge in [-0.3, -0.25) is 9.59 Å². The molecule has 0 spiro atoms. The first-order valence-electron chi connectivity index (χ1n) is 4.83. The van der Waals surface area contributed by atoms with Gasteiger partial charge in [0, 0.05) is 6.54 Å². The van der Waals surface area contributed by atoms with Gasteiger partial charge in [0.2, 0.25) is 5.91 Å². The SMILES string of the molecule is CCC(CNC(=O)Cn1cnnn1)C(=O)O. The number of carbonyl (C=O) groups is 2. The predicted octanol–water partition coefficient (Wildman–Crippen LogP) is -1.10. The molecule has 2 N–H and O–H groups in total. The normalized spacial score (nSPS) is 12.1. The Balaban J connectivity index is 2.32. The number of amides is 1. The summed E-state index contributed by atoms with van der Waals surface area (Å²) in [4.78, 5) is 22.0. The number of nitrogens with zero attached hydrogens (tertiary/aromatic N) is 4. The van der Waals surface area contributed by atoms with Crippen LogP contribution in [0.15, 0.2) is 6.33 Å². The number of carboxylic acids is 1. The minimum Gasteiger partial charge on any atom is -0.481 e. The van der Waals surface area contributed by atoms with Gasteiger partial charge in [0.1, 0.15) is 12.9 Å². The Morgan fingerprint density at radius 3 is 2.81 bits per heavy atom. The van der Waals surface area contributed by atoms with Gasteiger partial charge in [0.15, 0.2) is 0 Å². The van der Waals surface area contributed by atoms with Gasteiger partial charge in [-0.05, 0) is 16.8 Å². The number of rotatable bonds is 6. The lowest BCUT2D eigenvalue weighted by atomic mass is 10.1. The average molecular weight is 227 g/mol. The van der Waals surface area contributed by atoms with E-state index < -0.39 is 11.9 Å². The van der Waals surface area contributed by atoms with E-state index in [1.807, 2.05) is 0 Å². The molecule has 1 amide bonds. The van der Waals surface area contributed by atoms with E-state index in [0.29, 0.717) is 6.42 Å². The first-order valence-corrected chi connectivity index (χ1v) is 4.83. The Kier molecular flexibility index (Phi) is 4.37. The molecule has 1 aromatic heterocycles. The third-order valence-corrected chi connectivity index (χ3v) is 2.08. The molecule has 16 heavy (non-hydrogen) atoms. The molecule has 0 saturated heterocycles. The Hall–Kier alpha value is -1.99. The van der Waals surface area contributed by atoms with Gasteiger partial charge in [-0.2, -0.15) is 0 Å². The zero-order chi connectivity index (χ0) is 12.0. The molecule has 0 aromatic carbocycles. The van der Waals surface area contributed by atoms with Crippen LogP contribution in [-0.4, -0.2) is 43.7 Å². The number of carbonyl (C=O) groups excluding carboxylic acids is 1. The van der Waals surface area contributed by atoms with E-state index in [0.717, 1.165) is 0 Å². The van der Waals surface area contributed by atoms with Crippen molar-refractivity contribution >= 4 is 11.9 Å². The molecule has 0 radical (unpaired) electrons. The van der Waals surface area contributed by atoms with Crippen LogP contribution in [0.3, 0.4) is 0 Å². The van der Waals surface area contributed by atoms with Crippen molar-refractivity contribution in [3.05, 3.63) is 6.33 Å². The highest BCUT2D eigenvalue weighted by Crippen LogP contribution is 2.00. The summed E-state index contributed by atoms with van der Waals surface area (Å²) < 4.78 is 1.26. The van der Waals surface area contributed by atoms with Gasteiger partial charge in [0.05, 0.1) is 5.92 Å². The van der Waals surface area contributed by atoms with Crippen molar-refractivity contribution in [1.82, 2.24) is 25.5 Å². The average Bonchev–Trinajstić information content (AvgIpc) is 2.70. The van der Waals surface area contributed by atoms with Crippen molar-refractivity contribution in [3.8, 4) is 0 Å². The molecule has 1 aromatic rings. The summed E-state index contributed by atoms with van der Waals surface area (Å²) in [6.07, 6.45) is 1.79. The smallest absolute Gasteiger partial charge is 0.308 e. The molecule has 0 aliphatic rings. The van der Waals surface area contributed by atoms with Gasteiger partial charge in [0.25, 0.3) is 0 Å². The number of aliphatic carboxylic acids is 1. The maximum absolute atomic E-state index is 11.3. The third kappa shape index (κ3) is 3.64. The molecule has 88 valence electrons. The largest absolute Gasteiger partial charge is 0.481 e. The van der Waals surface area contributed by atoms with Crippen LogP contribution in [0.4, 0.5) is 0 Å². The Morgan fingerprint density at radius 2 is 2.31 bits per heavy atom. The molecule has 8 heteroatoms. The molecule has 0 fully saturated rings. The van der Waals surface area contributed by atoms with Gasteiger partial charge in [-0.25, -0.2) is 4.68 Å². The fourth-order valence-electron chi connectivity index (χ4n) is 1.10. The van der Waals surface area contributed by atoms with Crippen LogP contribution in [0.2, 0.25) is 0 Å². The lowest BCUT2D eigenvalue weighted by Gasteiger charge is -2.10. The Bertz CT molecular complexity index is 351. The summed E-state index contributed by atoms with van der Waals surface area (Å²) in [6, 6.07) is 0. The highest BCUT2D eigenvalue weighted by atomic mass is 16.4. The molecule has 0 saturated carbocycles. The van der Waals surface area contributed by atoms with Crippen LogP contribution in [0, 0.1) is 5.92 Å². The maximum atomic E-state index is 11.3. The summed E-state index contributed by atoms with van der Waals surface area (Å²) in [6.45, 7) is 1.86. The van der Waals surface area contributed by atoms with Crippen molar-refractivity contribution in [2.24, 2.45) is 5.92 Å². The molecule has 8 nitrogen and oxygen atoms in total. The fraction of sp³-hybridized carbons (Fsp3) is 0.625. The molecular weight excluding hydrogens is 214 g/mol. The van der Waals surface area contributed by atoms with Crippen LogP contribution in [0.25, 0.3) is 0 Å². The monoisotopic (exact) mass is 227 g/mol. The van der Waals surface area contributed by atoms with E-state index in [-0.39, 0.29) is 19.0 Å². The van der Waals surface area contributed by atoms with E-state index in [4.69, 9.17) is 5.11 Å². The van der Waals surface area contributed by atoms with Gasteiger partial charge in [-0.15, -0.1) is 5.10 Å². The summed E-state index contributed by atoms with van der Waals surface area (Å²) in [7, 11) is 0. The molecule has 0 bridgehead atoms. The number of nitrogens with one attached hydrogen (secondary N) is 1. The second kappa shape index (κ2) is 5.79. The Morgan fingerprint density at radius 1 is 1.56 bits per heavy atom. The Labute approximate surface area is 91.6 Å². The third-order valence-electron chi connectivity index (χ3n) is 2.08. The minimum absolute atomic E-state index is 0.0109. The van der Waals surface area contributed by atoms with Crippen LogP contribution in [0.5, 0.6) is 0 Å². The highest BCUT2D eigenvalue weighted by molar-refractivity contribution is 5.77. The number of carboxylic acid groups (broad SMARTS) is 1. The van der Waals surface area contributed by atoms with Crippen molar-refractivity contribution in [2.75, 3.05) is 6.54 Å². The second-order valence-corrected chi connectivity index (χ2v) is 3.25. The fourth-order valence-corrected chi connectivity index (χ4v) is 1.10. The molecule has 0 aliphatic carbocycles. The second-order valence-electron chi connectivity index (χ2n) is 3.25. The maximum Gasteiger partial charge on any atom is 0.308 e. The zero-order valence-corrected chi connectivity index (χ0v) is 8.83. The zero-order valence-electron chi connectivity index (χ0n) is 8.83. The lowest BCUT2D eigenvalue weighted by molar-refractivity contribution is -0.141. The summed E-state index contributed by atoms with van der Waals surface area (Å²) in [5.41, 5.74) is 0. The minimum atomic E-state index is -0.912. The van der Waals surface area contributed by atoms with Crippen molar-refractivity contribution in [1.29, 1.82) is 0 Å². The number of hydrogen-bond acceptors (Lipinski definition) is 5. The van der Waals surface area contributed by atoms with E-state index in [9.17, 15) is 9.59 Å². The van der Waals surface area contributed by atoms with Crippen LogP contribution in [0.1, 0.15) is 13.3 Å². The van der Waals surface area contributed by atoms with Crippen molar-refractivity contribution in [3.63, 3.8) is 0 Å². The number of tetrazole rings is 1. The predicted molar refractivity (Wildman–Crippen MR) is 52.2 cm³/mol. The molecule has 1 atom stereocenters. The molecule has 1 rings (SSSR count). The standard InChI is InChI=1S/C8H13N5O3/c1-2-6(8(15)16)3-9-7(14)4-13-5-10-11-12-13/h5-6H,2-4H2,1H3,(H,9,14)(H,15,16). The lowest BCUT2D eigenvalue weighted by Crippen LogP contribution is -2.34. The first-order chi connectivity index (χ1) is 7.63. The summed E-state index contributed by atoms with van der Waals surface area (Å²) in [5, 5.41) is 21.5. The molecule has 0 aliphatic heterocycles. The van der Waals surface area contributed by atoms with Gasteiger partial charge < -0.3 is 10.4 Å². The molecular formula is C8H13N5O3. The van der Waals surface area contributed by atoms with E-state index in [1.165, 1.54) is 11.0 Å². The highest BCUT2D eigenvalue weighted by Gasteiger charge is 2.15. The number of aromatic nitrogens is 4.